The van der Waals surface area contributed by atoms with Gasteiger partial charge in [-0.1, -0.05) is 18.2 Å². The van der Waals surface area contributed by atoms with E-state index in [-0.39, 0.29) is 19.1 Å². The van der Waals surface area contributed by atoms with Crippen LogP contribution in [-0.4, -0.2) is 54.8 Å². The Morgan fingerprint density at radius 2 is 2.09 bits per heavy atom. The molecule has 1 aromatic rings. The molecule has 2 rings (SSSR count). The van der Waals surface area contributed by atoms with E-state index in [4.69, 9.17) is 14.6 Å². The predicted octanol–water partition coefficient (Wildman–Crippen LogP) is 1.41. The smallest absolute Gasteiger partial charge is 0.310 e. The maximum Gasteiger partial charge on any atom is 0.310 e. The van der Waals surface area contributed by atoms with Crippen LogP contribution in [0.4, 0.5) is 0 Å². The van der Waals surface area contributed by atoms with Crippen LogP contribution in [-0.2, 0) is 14.3 Å². The van der Waals surface area contributed by atoms with Gasteiger partial charge in [-0.25, -0.2) is 0 Å². The lowest BCUT2D eigenvalue weighted by Gasteiger charge is -2.21. The number of hydrogen-bond donors (Lipinski definition) is 1. The van der Waals surface area contributed by atoms with E-state index in [0.29, 0.717) is 32.6 Å². The second kappa shape index (κ2) is 8.38. The van der Waals surface area contributed by atoms with E-state index in [1.165, 1.54) is 0 Å². The topological polar surface area (TPSA) is 76.1 Å². The number of carbonyl (C=O) groups is 2. The quantitative estimate of drug-likeness (QED) is 0.804. The Bertz CT molecular complexity index is 491. The van der Waals surface area contributed by atoms with Gasteiger partial charge >= 0.3 is 5.97 Å². The fourth-order valence-electron chi connectivity index (χ4n) is 2.27. The van der Waals surface area contributed by atoms with Crippen LogP contribution in [0, 0.1) is 5.92 Å². The molecule has 22 heavy (non-hydrogen) atoms. The summed E-state index contributed by atoms with van der Waals surface area (Å²) in [4.78, 5) is 24.8. The maximum atomic E-state index is 12.2. The number of aliphatic carboxylic acids is 1. The van der Waals surface area contributed by atoms with E-state index in [0.717, 1.165) is 5.75 Å². The van der Waals surface area contributed by atoms with Crippen LogP contribution >= 0.6 is 0 Å². The van der Waals surface area contributed by atoms with E-state index in [2.05, 4.69) is 0 Å². The zero-order chi connectivity index (χ0) is 15.8. The van der Waals surface area contributed by atoms with Gasteiger partial charge in [0.25, 0.3) is 0 Å². The van der Waals surface area contributed by atoms with Gasteiger partial charge in [-0.15, -0.1) is 0 Å². The molecule has 1 fully saturated rings. The first-order valence-corrected chi connectivity index (χ1v) is 7.43. The third-order valence-electron chi connectivity index (χ3n) is 3.51. The van der Waals surface area contributed by atoms with Gasteiger partial charge in [0.2, 0.25) is 5.91 Å². The SMILES string of the molecule is O=C(O)C1COCCN(C(=O)CCCOc2ccccc2)C1. The summed E-state index contributed by atoms with van der Waals surface area (Å²) >= 11 is 0. The van der Waals surface area contributed by atoms with Crippen LogP contribution in [0.1, 0.15) is 12.8 Å². The van der Waals surface area contributed by atoms with Crippen LogP contribution in [0.15, 0.2) is 30.3 Å². The van der Waals surface area contributed by atoms with Crippen LogP contribution < -0.4 is 4.74 Å². The van der Waals surface area contributed by atoms with Crippen molar-refractivity contribution in [1.29, 1.82) is 0 Å². The van der Waals surface area contributed by atoms with E-state index >= 15 is 0 Å². The van der Waals surface area contributed by atoms with Crippen molar-refractivity contribution in [1.82, 2.24) is 4.90 Å². The van der Waals surface area contributed by atoms with Crippen molar-refractivity contribution in [3.8, 4) is 5.75 Å². The van der Waals surface area contributed by atoms with Crippen LogP contribution in [0.3, 0.4) is 0 Å². The first-order chi connectivity index (χ1) is 10.7. The summed E-state index contributed by atoms with van der Waals surface area (Å²) in [5.41, 5.74) is 0. The van der Waals surface area contributed by atoms with Crippen molar-refractivity contribution in [2.45, 2.75) is 12.8 Å². The number of benzene rings is 1. The highest BCUT2D eigenvalue weighted by Crippen LogP contribution is 2.11. The zero-order valence-corrected chi connectivity index (χ0v) is 12.4. The van der Waals surface area contributed by atoms with Crippen LogP contribution in [0.5, 0.6) is 5.75 Å². The minimum absolute atomic E-state index is 0.0478. The van der Waals surface area contributed by atoms with Crippen LogP contribution in [0.2, 0.25) is 0 Å². The molecular formula is C16H21NO5. The minimum Gasteiger partial charge on any atom is -0.494 e. The number of carboxylic acid groups (broad SMARTS) is 1. The van der Waals surface area contributed by atoms with E-state index in [1.54, 1.807) is 4.90 Å². The van der Waals surface area contributed by atoms with Gasteiger partial charge < -0.3 is 19.5 Å². The molecule has 0 radical (unpaired) electrons. The molecule has 6 nitrogen and oxygen atoms in total. The zero-order valence-electron chi connectivity index (χ0n) is 12.4. The standard InChI is InChI=1S/C16H21NO5/c18-15(7-4-9-22-14-5-2-1-3-6-14)17-8-10-21-12-13(11-17)16(19)20/h1-3,5-6,13H,4,7-12H2,(H,19,20). The van der Waals surface area contributed by atoms with Crippen molar-refractivity contribution < 1.29 is 24.2 Å². The second-order valence-corrected chi connectivity index (χ2v) is 5.21. The fraction of sp³-hybridized carbons (Fsp3) is 0.500. The molecule has 0 saturated carbocycles. The van der Waals surface area contributed by atoms with Crippen molar-refractivity contribution in [3.05, 3.63) is 30.3 Å². The predicted molar refractivity (Wildman–Crippen MR) is 79.7 cm³/mol. The van der Waals surface area contributed by atoms with Crippen molar-refractivity contribution in [3.63, 3.8) is 0 Å². The Morgan fingerprint density at radius 3 is 2.82 bits per heavy atom. The van der Waals surface area contributed by atoms with E-state index in [1.807, 2.05) is 30.3 Å². The molecule has 1 aromatic carbocycles. The number of ether oxygens (including phenoxy) is 2. The molecule has 1 unspecified atom stereocenters. The fourth-order valence-corrected chi connectivity index (χ4v) is 2.27. The molecule has 1 atom stereocenters. The number of carbonyl (C=O) groups excluding carboxylic acids is 1. The second-order valence-electron chi connectivity index (χ2n) is 5.21. The maximum absolute atomic E-state index is 12.2. The molecule has 6 heteroatoms. The lowest BCUT2D eigenvalue weighted by atomic mass is 10.1. The molecule has 120 valence electrons. The van der Waals surface area contributed by atoms with Gasteiger partial charge in [-0.05, 0) is 18.6 Å². The summed E-state index contributed by atoms with van der Waals surface area (Å²) in [5.74, 6) is -0.836. The van der Waals surface area contributed by atoms with E-state index < -0.39 is 11.9 Å². The number of carboxylic acids is 1. The third kappa shape index (κ3) is 5.04. The molecule has 1 aliphatic rings. The summed E-state index contributed by atoms with van der Waals surface area (Å²) in [7, 11) is 0. The van der Waals surface area contributed by atoms with Gasteiger partial charge in [-0.2, -0.15) is 0 Å². The molecule has 1 saturated heterocycles. The van der Waals surface area contributed by atoms with Gasteiger partial charge in [0, 0.05) is 19.5 Å². The Hall–Kier alpha value is -2.08. The molecule has 1 heterocycles. The summed E-state index contributed by atoms with van der Waals surface area (Å²) in [6.07, 6.45) is 0.946. The summed E-state index contributed by atoms with van der Waals surface area (Å²) in [6.45, 7) is 1.67. The number of rotatable bonds is 6. The molecule has 1 N–H and O–H groups in total. The number of amides is 1. The molecular weight excluding hydrogens is 286 g/mol. The first-order valence-electron chi connectivity index (χ1n) is 7.43. The minimum atomic E-state index is -0.924. The average Bonchev–Trinajstić information content (AvgIpc) is 2.78. The van der Waals surface area contributed by atoms with Crippen molar-refractivity contribution in [2.75, 3.05) is 32.9 Å². The van der Waals surface area contributed by atoms with E-state index in [9.17, 15) is 9.59 Å². The van der Waals surface area contributed by atoms with Gasteiger partial charge in [0.1, 0.15) is 5.75 Å². The molecule has 1 aliphatic heterocycles. The monoisotopic (exact) mass is 307 g/mol. The van der Waals surface area contributed by atoms with Gasteiger partial charge in [0.15, 0.2) is 0 Å². The lowest BCUT2D eigenvalue weighted by Crippen LogP contribution is -2.38. The van der Waals surface area contributed by atoms with Crippen LogP contribution in [0.25, 0.3) is 0 Å². The van der Waals surface area contributed by atoms with Gasteiger partial charge in [-0.3, -0.25) is 9.59 Å². The molecule has 0 aliphatic carbocycles. The number of para-hydroxylation sites is 1. The molecule has 0 spiro atoms. The Morgan fingerprint density at radius 1 is 1.32 bits per heavy atom. The lowest BCUT2D eigenvalue weighted by molar-refractivity contribution is -0.144. The molecule has 1 amide bonds. The Labute approximate surface area is 129 Å². The van der Waals surface area contributed by atoms with Crippen molar-refractivity contribution >= 4 is 11.9 Å². The Balaban J connectivity index is 1.72. The average molecular weight is 307 g/mol. The normalized spacial score (nSPS) is 18.5. The van der Waals surface area contributed by atoms with Gasteiger partial charge in [0.05, 0.1) is 25.7 Å². The molecule has 0 bridgehead atoms. The number of nitrogens with zero attached hydrogens (tertiary/aromatic N) is 1. The first kappa shape index (κ1) is 16.3. The van der Waals surface area contributed by atoms with Crippen molar-refractivity contribution in [2.24, 2.45) is 5.92 Å². The highest BCUT2D eigenvalue weighted by molar-refractivity contribution is 5.77. The number of hydrogen-bond acceptors (Lipinski definition) is 4. The molecule has 0 aromatic heterocycles. The summed E-state index contributed by atoms with van der Waals surface area (Å²) in [5, 5.41) is 9.07. The summed E-state index contributed by atoms with van der Waals surface area (Å²) in [6, 6.07) is 9.43. The Kier molecular flexibility index (Phi) is 6.21. The largest absolute Gasteiger partial charge is 0.494 e. The summed E-state index contributed by atoms with van der Waals surface area (Å²) < 4.78 is 10.8. The highest BCUT2D eigenvalue weighted by atomic mass is 16.5. The highest BCUT2D eigenvalue weighted by Gasteiger charge is 2.26. The third-order valence-corrected chi connectivity index (χ3v) is 3.51.